The molecule has 0 fully saturated rings. The molecular weight excluding hydrogens is 1750 g/mol. The zero-order valence-electron chi connectivity index (χ0n) is 88.5. The molecule has 0 saturated carbocycles. The summed E-state index contributed by atoms with van der Waals surface area (Å²) in [6.45, 7) is 59.8. The quantitative estimate of drug-likeness (QED) is 0.0670. The average Bonchev–Trinajstić information content (AvgIpc) is 1.55. The van der Waals surface area contributed by atoms with E-state index in [0.717, 1.165) is 34.3 Å². The first-order chi connectivity index (χ1) is 66.0. The van der Waals surface area contributed by atoms with Crippen molar-refractivity contribution in [1.29, 1.82) is 0 Å². The maximum absolute atomic E-state index is 6.28. The van der Waals surface area contributed by atoms with E-state index in [0.29, 0.717) is 11.8 Å². The molecule has 15 heteroatoms. The lowest BCUT2D eigenvalue weighted by Crippen LogP contribution is -2.46. The maximum atomic E-state index is 6.28. The molecule has 0 unspecified atom stereocenters. The molecule has 0 atom stereocenters. The van der Waals surface area contributed by atoms with Crippen LogP contribution in [0.4, 0.5) is 0 Å². The van der Waals surface area contributed by atoms with Crippen LogP contribution in [0, 0.1) is 34.6 Å². The highest BCUT2D eigenvalue weighted by Gasteiger charge is 2.56. The molecule has 2 aliphatic rings. The van der Waals surface area contributed by atoms with Gasteiger partial charge >= 0.3 is 0 Å². The van der Waals surface area contributed by atoms with Crippen LogP contribution in [-0.4, -0.2) is 44.2 Å². The van der Waals surface area contributed by atoms with Crippen molar-refractivity contribution in [2.24, 2.45) is 35.2 Å². The van der Waals surface area contributed by atoms with Crippen LogP contribution in [0.2, 0.25) is 0 Å². The number of thiazole rings is 2. The molecule has 11 aromatic carbocycles. The molecule has 0 radical (unpaired) electrons. The third-order valence-electron chi connectivity index (χ3n) is 28.5. The number of fused-ring (bicyclic) bond motifs is 6. The molecule has 139 heavy (non-hydrogen) atoms. The Hall–Kier alpha value is -12.7. The number of hydrogen-bond acceptors (Lipinski definition) is 7. The van der Waals surface area contributed by atoms with Crippen LogP contribution < -0.4 is 46.5 Å². The van der Waals surface area contributed by atoms with Crippen molar-refractivity contribution in [3.05, 3.63) is 339 Å². The minimum absolute atomic E-state index is 0.0334. The highest BCUT2D eigenvalue weighted by Crippen LogP contribution is 2.58. The van der Waals surface area contributed by atoms with Gasteiger partial charge in [-0.25, -0.2) is 13.7 Å². The molecule has 0 amide bonds. The Bertz CT molecular complexity index is 6970. The van der Waals surface area contributed by atoms with Gasteiger partial charge in [-0.3, -0.25) is 0 Å². The minimum Gasteiger partial charge on any atom is -0.491 e. The van der Waals surface area contributed by atoms with Crippen LogP contribution in [0.1, 0.15) is 226 Å². The zero-order chi connectivity index (χ0) is 100. The van der Waals surface area contributed by atoms with Gasteiger partial charge in [-0.1, -0.05) is 251 Å². The molecule has 5 aromatic heterocycles. The summed E-state index contributed by atoms with van der Waals surface area (Å²) in [6, 6.07) is 88.0. The van der Waals surface area contributed by atoms with E-state index >= 15 is 0 Å². The topological polar surface area (TPSA) is 80.3 Å². The number of hydrogen-bond donors (Lipinski definition) is 0. The van der Waals surface area contributed by atoms with Gasteiger partial charge in [0.25, 0.3) is 16.7 Å². The molecule has 0 aliphatic heterocycles. The minimum atomic E-state index is -0.136. The Morgan fingerprint density at radius 1 is 0.338 bits per heavy atom. The van der Waals surface area contributed by atoms with Crippen LogP contribution in [0.25, 0.3) is 107 Å². The summed E-state index contributed by atoms with van der Waals surface area (Å²) in [7, 11) is 10.8. The molecule has 0 saturated heterocycles. The summed E-state index contributed by atoms with van der Waals surface area (Å²) >= 11 is 3.49. The molecule has 722 valence electrons. The summed E-state index contributed by atoms with van der Waals surface area (Å²) in [5, 5.41) is 5.65. The molecule has 2 aliphatic carbocycles. The zero-order valence-corrected chi connectivity index (χ0v) is 90.2. The van der Waals surface area contributed by atoms with E-state index in [-0.39, 0.29) is 52.2 Å². The standard InChI is InChI=1S/C32H37N2O.C32H39N2O.C26H33N2O.C20H22NOS.C14H18NOS/c1-21(2)35-26-20-19-25-27(22(26)3)28-29(32(6,7)31(25,4)5)34(24-17-13-10-14-18-24)30(33(28)8)23-15-11-9-12-16-23;1-21(2)26-16-12-17-27(22(3)4)31(26)34-20-29(33(8)32(34)25-14-10-9-11-15-25)28-18-13-19-30(24(28)7)35-23(5)6;1-17(2)29-21-15-14-20-22(18(21)3)23-24(26(6,7)25(20,4)5)28(16-27(23)8)19-12-10-9-11-13-19;1-14(2)22-19-12-8-11-17(15(19)3)18-13-23-20(21(18)4)16-9-6-5-7-10-16;1-10(2)16-14-7-5-6-12(11(14)3)13-8-17-9-15(13)4/h9-21H,1-8H3;9-23H,1-8H3;9-17H,1-8H3;5-14H,1-4H3;5-10H,1-4H3/q5*+1. The van der Waals surface area contributed by atoms with Crippen molar-refractivity contribution in [3.8, 4) is 135 Å². The fraction of sp³-hybridized carbons (Fsp3) is 0.347. The predicted molar refractivity (Wildman–Crippen MR) is 578 cm³/mol. The third kappa shape index (κ3) is 20.3. The SMILES string of the molecule is Cc1c(OC(C)C)ccc2c1-c1c(n(-c3ccccc3)c(-c3ccccc3)[n+]1C)C(C)(C)C2(C)C.Cc1c(OC(C)C)ccc2c1-c1c(n(-c3ccccc3)c[n+]1C)C(C)(C)C2(C)C.Cc1c(OC(C)C)cccc1-c1c[n+](-c2c(C(C)C)cccc2C(C)C)c(-c2ccccc2)n1C.Cc1c(OC(C)C)cccc1-c1csc(-c2ccccc2)[n+]1C.Cc1c(OC(C)C)cccc1-c1csc[n+]1C. The van der Waals surface area contributed by atoms with E-state index in [1.165, 1.54) is 163 Å². The Kier molecular flexibility index (Phi) is 31.0. The van der Waals surface area contributed by atoms with Crippen LogP contribution in [0.15, 0.2) is 278 Å². The Morgan fingerprint density at radius 3 is 1.15 bits per heavy atom. The summed E-state index contributed by atoms with van der Waals surface area (Å²) in [5.74, 6) is 8.01. The number of nitrogens with zero attached hydrogens (tertiary/aromatic N) is 8. The number of para-hydroxylation sites is 3. The van der Waals surface area contributed by atoms with Crippen LogP contribution in [0.3, 0.4) is 0 Å². The van der Waals surface area contributed by atoms with Crippen molar-refractivity contribution in [2.45, 2.75) is 251 Å². The van der Waals surface area contributed by atoms with Crippen molar-refractivity contribution >= 4 is 22.7 Å². The molecule has 5 heterocycles. The predicted octanol–water partition coefficient (Wildman–Crippen LogP) is 29.2. The fourth-order valence-electron chi connectivity index (χ4n) is 20.1. The van der Waals surface area contributed by atoms with Crippen molar-refractivity contribution in [1.82, 2.24) is 13.7 Å². The highest BCUT2D eigenvalue weighted by atomic mass is 32.1. The first-order valence-corrected chi connectivity index (χ1v) is 51.4. The fourth-order valence-corrected chi connectivity index (χ4v) is 21.9. The number of aryl methyl sites for hydroxylation is 2. The number of benzene rings is 11. The van der Waals surface area contributed by atoms with E-state index in [9.17, 15) is 0 Å². The van der Waals surface area contributed by atoms with E-state index in [4.69, 9.17) is 23.7 Å². The molecular formula is C124H149N8O5S2+5. The molecule has 0 N–H and O–H groups in total. The Balaban J connectivity index is 0.000000141. The Morgan fingerprint density at radius 2 is 0.719 bits per heavy atom. The lowest BCUT2D eigenvalue weighted by molar-refractivity contribution is -0.660. The largest absolute Gasteiger partial charge is 0.491 e. The van der Waals surface area contributed by atoms with E-state index in [1.807, 2.05) is 12.1 Å². The number of aromatic nitrogens is 8. The summed E-state index contributed by atoms with van der Waals surface area (Å²) in [6.07, 6.45) is 5.34. The van der Waals surface area contributed by atoms with Gasteiger partial charge in [-0.2, -0.15) is 22.8 Å². The van der Waals surface area contributed by atoms with Gasteiger partial charge < -0.3 is 23.7 Å². The lowest BCUT2D eigenvalue weighted by atomic mass is 9.57. The lowest BCUT2D eigenvalue weighted by Gasteiger charge is -2.45. The molecule has 0 spiro atoms. The van der Waals surface area contributed by atoms with E-state index in [1.54, 1.807) is 22.7 Å². The maximum Gasteiger partial charge on any atom is 0.294 e. The monoisotopic (exact) mass is 1890 g/mol. The second kappa shape index (κ2) is 42.2. The van der Waals surface area contributed by atoms with E-state index < -0.39 is 0 Å². The Labute approximate surface area is 837 Å². The number of rotatable bonds is 21. The molecule has 0 bridgehead atoms. The highest BCUT2D eigenvalue weighted by molar-refractivity contribution is 7.13. The van der Waals surface area contributed by atoms with Gasteiger partial charge in [0.1, 0.15) is 66.1 Å². The summed E-state index contributed by atoms with van der Waals surface area (Å²) < 4.78 is 49.0. The number of ether oxygens (including phenoxy) is 5. The van der Waals surface area contributed by atoms with Crippen LogP contribution in [-0.2, 0) is 56.9 Å². The second-order valence-corrected chi connectivity index (χ2v) is 43.1. The van der Waals surface area contributed by atoms with Crippen LogP contribution >= 0.6 is 22.7 Å². The smallest absolute Gasteiger partial charge is 0.294 e. The first kappa shape index (κ1) is 102. The molecule has 16 aromatic rings. The van der Waals surface area contributed by atoms with E-state index in [2.05, 4.69) is 524 Å². The van der Waals surface area contributed by atoms with Gasteiger partial charge in [0.15, 0.2) is 28.5 Å². The van der Waals surface area contributed by atoms with Gasteiger partial charge in [0.05, 0.1) is 90.2 Å². The van der Waals surface area contributed by atoms with Crippen molar-refractivity contribution in [3.63, 3.8) is 0 Å². The molecule has 13 nitrogen and oxygen atoms in total. The van der Waals surface area contributed by atoms with Gasteiger partial charge in [-0.05, 0) is 230 Å². The first-order valence-electron chi connectivity index (χ1n) is 49.6. The summed E-state index contributed by atoms with van der Waals surface area (Å²) in [4.78, 5) is 0. The average molecular weight is 1900 g/mol. The molecule has 18 rings (SSSR count). The van der Waals surface area contributed by atoms with Crippen molar-refractivity contribution in [2.75, 3.05) is 0 Å². The van der Waals surface area contributed by atoms with Crippen molar-refractivity contribution < 1.29 is 46.5 Å². The third-order valence-corrected chi connectivity index (χ3v) is 30.3. The normalized spacial score (nSPS) is 13.4. The summed E-state index contributed by atoms with van der Waals surface area (Å²) in [5.41, 5.74) is 35.8. The number of imidazole rings is 3. The van der Waals surface area contributed by atoms with Gasteiger partial charge in [-0.15, -0.1) is 0 Å². The van der Waals surface area contributed by atoms with Crippen LogP contribution in [0.5, 0.6) is 28.7 Å². The van der Waals surface area contributed by atoms with Gasteiger partial charge in [0, 0.05) is 77.3 Å². The van der Waals surface area contributed by atoms with Gasteiger partial charge in [0.2, 0.25) is 23.2 Å². The second-order valence-electron chi connectivity index (χ2n) is 41.5.